The molecule has 0 fully saturated rings. The van der Waals surface area contributed by atoms with Crippen LogP contribution in [0, 0.1) is 0 Å². The first-order chi connectivity index (χ1) is 5.38. The Hall–Kier alpha value is -1.51. The van der Waals surface area contributed by atoms with Crippen LogP contribution in [0.2, 0.25) is 0 Å². The van der Waals surface area contributed by atoms with Gasteiger partial charge in [0.2, 0.25) is 6.41 Å². The van der Waals surface area contributed by atoms with E-state index in [4.69, 9.17) is 4.74 Å². The smallest absolute Gasteiger partial charge is 0.211 e. The van der Waals surface area contributed by atoms with Gasteiger partial charge in [-0.2, -0.15) is 0 Å². The highest BCUT2D eigenvalue weighted by atomic mass is 16.5. The van der Waals surface area contributed by atoms with Crippen molar-refractivity contribution in [1.82, 2.24) is 0 Å². The molecule has 1 rings (SSSR count). The maximum atomic E-state index is 10.1. The maximum Gasteiger partial charge on any atom is 0.211 e. The zero-order chi connectivity index (χ0) is 8.10. The zero-order valence-electron chi connectivity index (χ0n) is 6.20. The molecule has 0 bridgehead atoms. The first-order valence-corrected chi connectivity index (χ1v) is 3.21. The summed E-state index contributed by atoms with van der Waals surface area (Å²) in [5.74, 6) is 0.666. The fourth-order valence-corrected chi connectivity index (χ4v) is 0.827. The van der Waals surface area contributed by atoms with Crippen LogP contribution in [0.4, 0.5) is 5.69 Å². The molecule has 0 aliphatic carbocycles. The van der Waals surface area contributed by atoms with Crippen molar-refractivity contribution in [2.75, 3.05) is 12.4 Å². The molecule has 0 unspecified atom stereocenters. The molecule has 11 heavy (non-hydrogen) atoms. The van der Waals surface area contributed by atoms with E-state index in [-0.39, 0.29) is 0 Å². The van der Waals surface area contributed by atoms with Crippen LogP contribution in [-0.4, -0.2) is 13.5 Å². The number of carbonyl (C=O) groups is 1. The Labute approximate surface area is 65.0 Å². The summed E-state index contributed by atoms with van der Waals surface area (Å²) in [6.45, 7) is 0. The molecule has 0 radical (unpaired) electrons. The summed E-state index contributed by atoms with van der Waals surface area (Å²) in [5, 5.41) is 2.52. The molecular formula is C8H9NO2. The van der Waals surface area contributed by atoms with Crippen LogP contribution in [0.3, 0.4) is 0 Å². The number of hydrogen-bond acceptors (Lipinski definition) is 2. The molecule has 3 heteroatoms. The van der Waals surface area contributed by atoms with Crippen molar-refractivity contribution in [1.29, 1.82) is 0 Å². The van der Waals surface area contributed by atoms with Gasteiger partial charge in [0.05, 0.1) is 12.8 Å². The van der Waals surface area contributed by atoms with Crippen LogP contribution in [-0.2, 0) is 4.79 Å². The predicted octanol–water partition coefficient (Wildman–Crippen LogP) is 1.26. The van der Waals surface area contributed by atoms with Gasteiger partial charge in [0.15, 0.2) is 0 Å². The lowest BCUT2D eigenvalue weighted by Crippen LogP contribution is -1.96. The summed E-state index contributed by atoms with van der Waals surface area (Å²) in [5.41, 5.74) is 0.685. The summed E-state index contributed by atoms with van der Waals surface area (Å²) in [4.78, 5) is 10.1. The van der Waals surface area contributed by atoms with Gasteiger partial charge in [-0.15, -0.1) is 0 Å². The van der Waals surface area contributed by atoms with Crippen molar-refractivity contribution in [3.8, 4) is 5.75 Å². The summed E-state index contributed by atoms with van der Waals surface area (Å²) < 4.78 is 4.98. The number of methoxy groups -OCH3 is 1. The van der Waals surface area contributed by atoms with Crippen molar-refractivity contribution in [2.45, 2.75) is 0 Å². The van der Waals surface area contributed by atoms with Gasteiger partial charge in [-0.3, -0.25) is 4.79 Å². The minimum Gasteiger partial charge on any atom is -0.495 e. The van der Waals surface area contributed by atoms with E-state index in [1.54, 1.807) is 19.2 Å². The Morgan fingerprint density at radius 2 is 2.18 bits per heavy atom. The monoisotopic (exact) mass is 151 g/mol. The Morgan fingerprint density at radius 1 is 1.45 bits per heavy atom. The van der Waals surface area contributed by atoms with Crippen LogP contribution in [0.15, 0.2) is 24.3 Å². The van der Waals surface area contributed by atoms with Crippen molar-refractivity contribution >= 4 is 12.1 Å². The van der Waals surface area contributed by atoms with Gasteiger partial charge < -0.3 is 10.1 Å². The fourth-order valence-electron chi connectivity index (χ4n) is 0.827. The molecule has 0 aromatic heterocycles. The number of benzene rings is 1. The fraction of sp³-hybridized carbons (Fsp3) is 0.125. The molecule has 1 N–H and O–H groups in total. The third kappa shape index (κ3) is 1.70. The molecule has 0 spiro atoms. The topological polar surface area (TPSA) is 38.3 Å². The van der Waals surface area contributed by atoms with Crippen LogP contribution in [0.25, 0.3) is 0 Å². The van der Waals surface area contributed by atoms with E-state index in [1.807, 2.05) is 12.1 Å². The highest BCUT2D eigenvalue weighted by molar-refractivity contribution is 5.75. The van der Waals surface area contributed by atoms with Gasteiger partial charge in [-0.05, 0) is 12.1 Å². The number of nitrogens with one attached hydrogen (secondary N) is 1. The quantitative estimate of drug-likeness (QED) is 0.660. The van der Waals surface area contributed by atoms with E-state index >= 15 is 0 Å². The number of carbonyl (C=O) groups excluding carboxylic acids is 1. The molecule has 0 saturated heterocycles. The Balaban J connectivity index is 2.92. The van der Waals surface area contributed by atoms with Crippen LogP contribution >= 0.6 is 0 Å². The van der Waals surface area contributed by atoms with Crippen molar-refractivity contribution < 1.29 is 9.53 Å². The van der Waals surface area contributed by atoms with Gasteiger partial charge in [0.25, 0.3) is 0 Å². The van der Waals surface area contributed by atoms with Crippen molar-refractivity contribution in [2.24, 2.45) is 0 Å². The van der Waals surface area contributed by atoms with E-state index in [9.17, 15) is 4.79 Å². The SMILES string of the molecule is COc1ccccc1NC=O. The molecule has 1 amide bonds. The third-order valence-corrected chi connectivity index (χ3v) is 1.32. The zero-order valence-corrected chi connectivity index (χ0v) is 6.20. The van der Waals surface area contributed by atoms with E-state index in [0.29, 0.717) is 17.8 Å². The lowest BCUT2D eigenvalue weighted by Gasteiger charge is -2.04. The van der Waals surface area contributed by atoms with Crippen LogP contribution in [0.1, 0.15) is 0 Å². The van der Waals surface area contributed by atoms with Gasteiger partial charge in [0.1, 0.15) is 5.75 Å². The lowest BCUT2D eigenvalue weighted by molar-refractivity contribution is -0.105. The molecule has 58 valence electrons. The second-order valence-electron chi connectivity index (χ2n) is 1.96. The Bertz CT molecular complexity index is 248. The van der Waals surface area contributed by atoms with Crippen molar-refractivity contribution in [3.63, 3.8) is 0 Å². The largest absolute Gasteiger partial charge is 0.495 e. The minimum atomic E-state index is 0.623. The molecule has 0 saturated carbocycles. The molecular weight excluding hydrogens is 142 g/mol. The van der Waals surface area contributed by atoms with Crippen LogP contribution in [0.5, 0.6) is 5.75 Å². The van der Waals surface area contributed by atoms with E-state index < -0.39 is 0 Å². The van der Waals surface area contributed by atoms with E-state index in [0.717, 1.165) is 0 Å². The molecule has 0 aliphatic heterocycles. The second-order valence-corrected chi connectivity index (χ2v) is 1.96. The number of hydrogen-bond donors (Lipinski definition) is 1. The van der Waals surface area contributed by atoms with Gasteiger partial charge >= 0.3 is 0 Å². The minimum absolute atomic E-state index is 0.623. The molecule has 0 atom stereocenters. The Morgan fingerprint density at radius 3 is 2.82 bits per heavy atom. The predicted molar refractivity (Wildman–Crippen MR) is 42.7 cm³/mol. The van der Waals surface area contributed by atoms with Crippen molar-refractivity contribution in [3.05, 3.63) is 24.3 Å². The standard InChI is InChI=1S/C8H9NO2/c1-11-8-5-3-2-4-7(8)9-6-10/h2-6H,1H3,(H,9,10). The summed E-state index contributed by atoms with van der Waals surface area (Å²) in [7, 11) is 1.56. The highest BCUT2D eigenvalue weighted by Gasteiger charge is 1.97. The van der Waals surface area contributed by atoms with E-state index in [1.165, 1.54) is 0 Å². The normalized spacial score (nSPS) is 8.82. The number of para-hydroxylation sites is 2. The van der Waals surface area contributed by atoms with E-state index in [2.05, 4.69) is 5.32 Å². The molecule has 1 aromatic carbocycles. The average Bonchev–Trinajstić information content (AvgIpc) is 2.06. The summed E-state index contributed by atoms with van der Waals surface area (Å²) >= 11 is 0. The third-order valence-electron chi connectivity index (χ3n) is 1.32. The summed E-state index contributed by atoms with van der Waals surface area (Å²) in [6.07, 6.45) is 0.623. The highest BCUT2D eigenvalue weighted by Crippen LogP contribution is 2.21. The average molecular weight is 151 g/mol. The lowest BCUT2D eigenvalue weighted by atomic mass is 10.3. The van der Waals surface area contributed by atoms with Gasteiger partial charge in [-0.25, -0.2) is 0 Å². The van der Waals surface area contributed by atoms with Crippen LogP contribution < -0.4 is 10.1 Å². The van der Waals surface area contributed by atoms with Gasteiger partial charge in [-0.1, -0.05) is 12.1 Å². The Kier molecular flexibility index (Phi) is 2.49. The van der Waals surface area contributed by atoms with Gasteiger partial charge in [0, 0.05) is 0 Å². The number of rotatable bonds is 3. The maximum absolute atomic E-state index is 10.1. The first kappa shape index (κ1) is 7.60. The second kappa shape index (κ2) is 3.61. The number of ether oxygens (including phenoxy) is 1. The first-order valence-electron chi connectivity index (χ1n) is 3.21. The number of amides is 1. The molecule has 3 nitrogen and oxygen atoms in total. The number of anilines is 1. The molecule has 0 aliphatic rings. The summed E-state index contributed by atoms with van der Waals surface area (Å²) in [6, 6.07) is 7.22. The molecule has 1 aromatic rings. The molecule has 0 heterocycles.